The van der Waals surface area contributed by atoms with E-state index in [9.17, 15) is 9.18 Å². The van der Waals surface area contributed by atoms with Crippen LogP contribution >= 0.6 is 0 Å². The van der Waals surface area contributed by atoms with Gasteiger partial charge in [-0.3, -0.25) is 4.79 Å². The molecule has 2 aromatic heterocycles. The first-order chi connectivity index (χ1) is 10.1. The molecule has 2 heterocycles. The summed E-state index contributed by atoms with van der Waals surface area (Å²) in [6, 6.07) is 4.27. The second kappa shape index (κ2) is 5.16. The second-order valence-corrected chi connectivity index (χ2v) is 5.07. The molecule has 0 unspecified atom stereocenters. The van der Waals surface area contributed by atoms with E-state index in [2.05, 4.69) is 4.98 Å². The zero-order valence-electron chi connectivity index (χ0n) is 11.9. The van der Waals surface area contributed by atoms with Gasteiger partial charge in [-0.05, 0) is 25.1 Å². The first-order valence-electron chi connectivity index (χ1n) is 6.74. The van der Waals surface area contributed by atoms with Crippen molar-refractivity contribution in [3.8, 4) is 0 Å². The highest BCUT2D eigenvalue weighted by Crippen LogP contribution is 2.27. The number of halogens is 1. The average molecular weight is 286 g/mol. The number of furan rings is 1. The lowest BCUT2D eigenvalue weighted by Gasteiger charge is -2.00. The second-order valence-electron chi connectivity index (χ2n) is 5.07. The lowest BCUT2D eigenvalue weighted by molar-refractivity contribution is 0.0956. The lowest BCUT2D eigenvalue weighted by atomic mass is 10.1. The van der Waals surface area contributed by atoms with E-state index in [1.54, 1.807) is 19.2 Å². The van der Waals surface area contributed by atoms with Crippen LogP contribution in [0.3, 0.4) is 0 Å². The van der Waals surface area contributed by atoms with E-state index >= 15 is 0 Å². The van der Waals surface area contributed by atoms with Crippen LogP contribution < -0.4 is 0 Å². The molecule has 0 N–H and O–H groups in total. The van der Waals surface area contributed by atoms with Crippen molar-refractivity contribution in [2.24, 2.45) is 7.05 Å². The summed E-state index contributed by atoms with van der Waals surface area (Å²) in [5.74, 6) is 0.735. The van der Waals surface area contributed by atoms with Crippen LogP contribution in [0, 0.1) is 12.7 Å². The van der Waals surface area contributed by atoms with Crippen molar-refractivity contribution in [1.82, 2.24) is 9.55 Å². The third-order valence-electron chi connectivity index (χ3n) is 3.65. The summed E-state index contributed by atoms with van der Waals surface area (Å²) in [6.07, 6.45) is 4.41. The Morgan fingerprint density at radius 3 is 2.95 bits per heavy atom. The van der Waals surface area contributed by atoms with Crippen molar-refractivity contribution < 1.29 is 13.6 Å². The first kappa shape index (κ1) is 13.5. The van der Waals surface area contributed by atoms with Gasteiger partial charge in [-0.1, -0.05) is 0 Å². The topological polar surface area (TPSA) is 48.0 Å². The van der Waals surface area contributed by atoms with Crippen LogP contribution in [0.4, 0.5) is 4.39 Å². The maximum atomic E-state index is 13.3. The van der Waals surface area contributed by atoms with Crippen LogP contribution in [-0.2, 0) is 13.5 Å². The molecule has 3 rings (SSSR count). The molecule has 0 aliphatic carbocycles. The molecule has 0 aliphatic heterocycles. The Morgan fingerprint density at radius 1 is 1.43 bits per heavy atom. The lowest BCUT2D eigenvalue weighted by Crippen LogP contribution is -2.05. The first-order valence-corrected chi connectivity index (χ1v) is 6.74. The van der Waals surface area contributed by atoms with Crippen molar-refractivity contribution in [3.63, 3.8) is 0 Å². The van der Waals surface area contributed by atoms with E-state index in [1.807, 2.05) is 17.8 Å². The normalized spacial score (nSPS) is 11.2. The van der Waals surface area contributed by atoms with Gasteiger partial charge >= 0.3 is 0 Å². The maximum Gasteiger partial charge on any atom is 0.198 e. The van der Waals surface area contributed by atoms with Gasteiger partial charge in [-0.15, -0.1) is 0 Å². The number of rotatable bonds is 4. The van der Waals surface area contributed by atoms with Crippen LogP contribution in [0.25, 0.3) is 11.0 Å². The summed E-state index contributed by atoms with van der Waals surface area (Å²) >= 11 is 0. The number of aromatic nitrogens is 2. The van der Waals surface area contributed by atoms with Crippen LogP contribution in [-0.4, -0.2) is 15.3 Å². The average Bonchev–Trinajstić information content (AvgIpc) is 3.01. The Kier molecular flexibility index (Phi) is 3.33. The molecule has 1 aromatic carbocycles. The maximum absolute atomic E-state index is 13.3. The van der Waals surface area contributed by atoms with E-state index < -0.39 is 0 Å². The summed E-state index contributed by atoms with van der Waals surface area (Å²) < 4.78 is 20.7. The zero-order valence-corrected chi connectivity index (χ0v) is 11.9. The number of benzene rings is 1. The van der Waals surface area contributed by atoms with Gasteiger partial charge in [-0.2, -0.15) is 0 Å². The van der Waals surface area contributed by atoms with Crippen LogP contribution in [0.2, 0.25) is 0 Å². The highest BCUT2D eigenvalue weighted by Gasteiger charge is 2.18. The Hall–Kier alpha value is -2.43. The SMILES string of the molecule is Cc1c(C(=O)CCc2nccn2C)oc2ccc(F)cc12. The number of nitrogens with zero attached hydrogens (tertiary/aromatic N) is 2. The molecule has 0 spiro atoms. The third kappa shape index (κ3) is 2.46. The minimum Gasteiger partial charge on any atom is -0.453 e. The molecule has 0 fully saturated rings. The minimum atomic E-state index is -0.335. The molecule has 0 amide bonds. The zero-order chi connectivity index (χ0) is 15.0. The Labute approximate surface area is 121 Å². The molecule has 0 aliphatic rings. The molecule has 0 saturated carbocycles. The molecule has 0 radical (unpaired) electrons. The Balaban J connectivity index is 1.84. The monoisotopic (exact) mass is 286 g/mol. The Morgan fingerprint density at radius 2 is 2.24 bits per heavy atom. The standard InChI is InChI=1S/C16H15FN2O2/c1-10-12-9-11(17)3-5-14(12)21-16(10)13(20)4-6-15-18-7-8-19(15)2/h3,5,7-9H,4,6H2,1-2H3. The quantitative estimate of drug-likeness (QED) is 0.690. The molecule has 108 valence electrons. The highest BCUT2D eigenvalue weighted by atomic mass is 19.1. The minimum absolute atomic E-state index is 0.0906. The molecule has 3 aromatic rings. The summed E-state index contributed by atoms with van der Waals surface area (Å²) in [7, 11) is 1.89. The smallest absolute Gasteiger partial charge is 0.198 e. The number of aryl methyl sites for hydroxylation is 3. The van der Waals surface area contributed by atoms with Crippen molar-refractivity contribution in [3.05, 3.63) is 53.6 Å². The fraction of sp³-hybridized carbons (Fsp3) is 0.250. The highest BCUT2D eigenvalue weighted by molar-refractivity contribution is 6.00. The van der Waals surface area contributed by atoms with Gasteiger partial charge in [-0.25, -0.2) is 9.37 Å². The van der Waals surface area contributed by atoms with E-state index in [0.717, 1.165) is 5.82 Å². The number of ketones is 1. The number of hydrogen-bond donors (Lipinski definition) is 0. The molecule has 0 atom stereocenters. The summed E-state index contributed by atoms with van der Waals surface area (Å²) in [4.78, 5) is 16.5. The van der Waals surface area contributed by atoms with Gasteiger partial charge in [0.25, 0.3) is 0 Å². The molecule has 0 saturated heterocycles. The van der Waals surface area contributed by atoms with Gasteiger partial charge in [0.2, 0.25) is 0 Å². The Bertz CT molecular complexity index is 817. The predicted octanol–water partition coefficient (Wildman–Crippen LogP) is 3.43. The van der Waals surface area contributed by atoms with Gasteiger partial charge < -0.3 is 8.98 Å². The van der Waals surface area contributed by atoms with Gasteiger partial charge in [0.05, 0.1) is 0 Å². The number of fused-ring (bicyclic) bond motifs is 1. The number of carbonyl (C=O) groups is 1. The fourth-order valence-corrected chi connectivity index (χ4v) is 2.44. The summed E-state index contributed by atoms with van der Waals surface area (Å²) in [6.45, 7) is 1.78. The summed E-state index contributed by atoms with van der Waals surface area (Å²) in [5.41, 5.74) is 1.23. The molecule has 21 heavy (non-hydrogen) atoms. The van der Waals surface area contributed by atoms with Crippen molar-refractivity contribution >= 4 is 16.8 Å². The fourth-order valence-electron chi connectivity index (χ4n) is 2.44. The number of carbonyl (C=O) groups excluding carboxylic acids is 1. The van der Waals surface area contributed by atoms with Crippen molar-refractivity contribution in [1.29, 1.82) is 0 Å². The van der Waals surface area contributed by atoms with Gasteiger partial charge in [0, 0.05) is 43.2 Å². The van der Waals surface area contributed by atoms with Crippen molar-refractivity contribution in [2.75, 3.05) is 0 Å². The molecule has 0 bridgehead atoms. The summed E-state index contributed by atoms with van der Waals surface area (Å²) in [5, 5.41) is 0.648. The largest absolute Gasteiger partial charge is 0.453 e. The third-order valence-corrected chi connectivity index (χ3v) is 3.65. The predicted molar refractivity (Wildman–Crippen MR) is 76.8 cm³/mol. The van der Waals surface area contributed by atoms with Crippen LogP contribution in [0.1, 0.15) is 28.4 Å². The van der Waals surface area contributed by atoms with E-state index in [4.69, 9.17) is 4.42 Å². The van der Waals surface area contributed by atoms with Crippen molar-refractivity contribution in [2.45, 2.75) is 19.8 Å². The van der Waals surface area contributed by atoms with Gasteiger partial charge in [0.1, 0.15) is 17.2 Å². The molecule has 4 nitrogen and oxygen atoms in total. The van der Waals surface area contributed by atoms with Crippen LogP contribution in [0.15, 0.2) is 35.0 Å². The van der Waals surface area contributed by atoms with E-state index in [-0.39, 0.29) is 11.6 Å². The number of hydrogen-bond acceptors (Lipinski definition) is 3. The molecular weight excluding hydrogens is 271 g/mol. The molecule has 5 heteroatoms. The van der Waals surface area contributed by atoms with E-state index in [0.29, 0.717) is 35.1 Å². The van der Waals surface area contributed by atoms with Gasteiger partial charge in [0.15, 0.2) is 11.5 Å². The molecular formula is C16H15FN2O2. The number of imidazole rings is 1. The number of Topliss-reactive ketones (excluding diaryl/α,β-unsaturated/α-hetero) is 1. The van der Waals surface area contributed by atoms with Crippen LogP contribution in [0.5, 0.6) is 0 Å². The van der Waals surface area contributed by atoms with E-state index in [1.165, 1.54) is 12.1 Å².